The van der Waals surface area contributed by atoms with Gasteiger partial charge in [0, 0.05) is 35.2 Å². The van der Waals surface area contributed by atoms with Crippen LogP contribution in [0.4, 0.5) is 21.9 Å². The number of amides is 2. The van der Waals surface area contributed by atoms with E-state index >= 15 is 0 Å². The van der Waals surface area contributed by atoms with Gasteiger partial charge in [0.2, 0.25) is 0 Å². The summed E-state index contributed by atoms with van der Waals surface area (Å²) >= 11 is 0. The Labute approximate surface area is 232 Å². The second kappa shape index (κ2) is 13.2. The van der Waals surface area contributed by atoms with Crippen LogP contribution < -0.4 is 15.5 Å². The highest BCUT2D eigenvalue weighted by molar-refractivity contribution is 8.24. The van der Waals surface area contributed by atoms with E-state index in [0.29, 0.717) is 47.9 Å². The lowest BCUT2D eigenvalue weighted by atomic mass is 9.81. The molecule has 0 aromatic heterocycles. The molecule has 1 fully saturated rings. The maximum absolute atomic E-state index is 13.1. The van der Waals surface area contributed by atoms with Crippen molar-refractivity contribution in [3.63, 3.8) is 0 Å². The summed E-state index contributed by atoms with van der Waals surface area (Å²) in [6, 6.07) is 14.2. The molecule has 1 saturated heterocycles. The van der Waals surface area contributed by atoms with Crippen molar-refractivity contribution >= 4 is 39.7 Å². The van der Waals surface area contributed by atoms with Crippen LogP contribution in [-0.4, -0.2) is 51.8 Å². The molecular weight excluding hydrogens is 516 g/mol. The van der Waals surface area contributed by atoms with Gasteiger partial charge in [-0.2, -0.15) is 15.9 Å². The van der Waals surface area contributed by atoms with Crippen LogP contribution >= 0.6 is 10.6 Å². The fourth-order valence-corrected chi connectivity index (χ4v) is 6.35. The Morgan fingerprint density at radius 1 is 1.10 bits per heavy atom. The fourth-order valence-electron chi connectivity index (χ4n) is 4.84. The number of benzene rings is 2. The summed E-state index contributed by atoms with van der Waals surface area (Å²) in [7, 11) is -2.53. The fraction of sp³-hybridized carbons (Fsp3) is 0.483. The minimum atomic E-state index is -2.53. The third-order valence-electron chi connectivity index (χ3n) is 6.96. The van der Waals surface area contributed by atoms with Gasteiger partial charge in [-0.05, 0) is 68.1 Å². The Bertz CT molecular complexity index is 1180. The van der Waals surface area contributed by atoms with Crippen molar-refractivity contribution in [2.45, 2.75) is 64.8 Å². The molecule has 39 heavy (non-hydrogen) atoms. The summed E-state index contributed by atoms with van der Waals surface area (Å²) in [4.78, 5) is 27.6. The minimum Gasteiger partial charge on any atom is -0.466 e. The monoisotopic (exact) mass is 556 g/mol. The third kappa shape index (κ3) is 8.36. The number of hydrogen-bond acceptors (Lipinski definition) is 7. The van der Waals surface area contributed by atoms with Crippen LogP contribution in [0.2, 0.25) is 0 Å². The van der Waals surface area contributed by atoms with Crippen LogP contribution in [-0.2, 0) is 14.9 Å². The summed E-state index contributed by atoms with van der Waals surface area (Å²) in [5, 5.41) is 14.9. The van der Waals surface area contributed by atoms with Gasteiger partial charge in [0.1, 0.15) is 0 Å². The predicted octanol–water partition coefficient (Wildman–Crippen LogP) is 6.56. The first-order chi connectivity index (χ1) is 18.5. The average Bonchev–Trinajstić information content (AvgIpc) is 2.88. The topological polar surface area (TPSA) is 135 Å². The molecule has 0 bridgehead atoms. The van der Waals surface area contributed by atoms with Crippen LogP contribution in [0.15, 0.2) is 42.5 Å². The Morgan fingerprint density at radius 3 is 2.36 bits per heavy atom. The SMILES string of the molecule is CCCN(c1ccc(C(C)(C)CC(=O)OCC)cc1NC(=O)Nc1ccc(C#N)cc1)C1CCS(O)(O)CC1. The van der Waals surface area contributed by atoms with Gasteiger partial charge in [-0.15, -0.1) is 0 Å². The molecule has 2 amide bonds. The van der Waals surface area contributed by atoms with Gasteiger partial charge >= 0.3 is 12.0 Å². The molecule has 0 atom stereocenters. The molecule has 0 unspecified atom stereocenters. The summed E-state index contributed by atoms with van der Waals surface area (Å²) in [5.41, 5.74) is 2.82. The Balaban J connectivity index is 1.95. The number of anilines is 3. The quantitative estimate of drug-likeness (QED) is 0.243. The van der Waals surface area contributed by atoms with E-state index < -0.39 is 22.0 Å². The van der Waals surface area contributed by atoms with Crippen molar-refractivity contribution in [1.29, 1.82) is 5.26 Å². The lowest BCUT2D eigenvalue weighted by molar-refractivity contribution is -0.144. The van der Waals surface area contributed by atoms with E-state index in [9.17, 15) is 18.7 Å². The van der Waals surface area contributed by atoms with E-state index in [1.54, 1.807) is 31.2 Å². The normalized spacial score (nSPS) is 16.0. The van der Waals surface area contributed by atoms with Gasteiger partial charge in [0.15, 0.2) is 0 Å². The number of hydrogen-bond donors (Lipinski definition) is 4. The van der Waals surface area contributed by atoms with Crippen molar-refractivity contribution in [1.82, 2.24) is 0 Å². The van der Waals surface area contributed by atoms with Crippen molar-refractivity contribution < 1.29 is 23.4 Å². The third-order valence-corrected chi connectivity index (χ3v) is 8.74. The van der Waals surface area contributed by atoms with Crippen molar-refractivity contribution in [2.24, 2.45) is 0 Å². The van der Waals surface area contributed by atoms with Crippen molar-refractivity contribution in [3.05, 3.63) is 53.6 Å². The molecule has 0 aliphatic carbocycles. The number of rotatable bonds is 10. The highest BCUT2D eigenvalue weighted by atomic mass is 32.3. The molecule has 1 aliphatic rings. The zero-order valence-corrected chi connectivity index (χ0v) is 24.0. The molecule has 9 nitrogen and oxygen atoms in total. The number of ether oxygens (including phenoxy) is 1. The number of nitrogens with zero attached hydrogens (tertiary/aromatic N) is 2. The first-order valence-electron chi connectivity index (χ1n) is 13.4. The van der Waals surface area contributed by atoms with E-state index in [1.807, 2.05) is 32.0 Å². The lowest BCUT2D eigenvalue weighted by Crippen LogP contribution is -2.41. The van der Waals surface area contributed by atoms with Crippen LogP contribution in [0.5, 0.6) is 0 Å². The number of esters is 1. The number of urea groups is 1. The molecular formula is C29H40N4O5S. The van der Waals surface area contributed by atoms with E-state index in [4.69, 9.17) is 10.00 Å². The zero-order valence-electron chi connectivity index (χ0n) is 23.2. The standard InChI is InChI=1S/C29H40N4O5S/c1-5-15-33(24-13-16-39(36,37)17-14-24)26-12-9-22(29(3,4)19-27(34)38-6-2)18-25(26)32-28(35)31-23-10-7-21(20-30)8-11-23/h7-12,18,24,36-37H,5-6,13-17,19H2,1-4H3,(H2,31,32,35). The number of carbonyl (C=O) groups is 2. The maximum atomic E-state index is 13.1. The molecule has 3 rings (SSSR count). The summed E-state index contributed by atoms with van der Waals surface area (Å²) in [6.07, 6.45) is 2.36. The Morgan fingerprint density at radius 2 is 1.77 bits per heavy atom. The maximum Gasteiger partial charge on any atom is 0.323 e. The molecule has 2 aromatic carbocycles. The molecule has 0 saturated carbocycles. The number of nitrogens with one attached hydrogen (secondary N) is 2. The van der Waals surface area contributed by atoms with Crippen LogP contribution in [0.25, 0.3) is 0 Å². The van der Waals surface area contributed by atoms with Gasteiger partial charge in [0.25, 0.3) is 0 Å². The van der Waals surface area contributed by atoms with E-state index in [-0.39, 0.29) is 18.4 Å². The van der Waals surface area contributed by atoms with Crippen LogP contribution in [0.3, 0.4) is 0 Å². The summed E-state index contributed by atoms with van der Waals surface area (Å²) < 4.78 is 25.5. The highest BCUT2D eigenvalue weighted by Gasteiger charge is 2.31. The molecule has 4 N–H and O–H groups in total. The minimum absolute atomic E-state index is 0.102. The van der Waals surface area contributed by atoms with E-state index in [0.717, 1.165) is 24.2 Å². The van der Waals surface area contributed by atoms with Crippen molar-refractivity contribution in [3.8, 4) is 6.07 Å². The number of nitriles is 1. The lowest BCUT2D eigenvalue weighted by Gasteiger charge is -2.44. The summed E-state index contributed by atoms with van der Waals surface area (Å²) in [6.45, 7) is 8.85. The Hall–Kier alpha value is -3.26. The van der Waals surface area contributed by atoms with Crippen LogP contribution in [0.1, 0.15) is 64.5 Å². The highest BCUT2D eigenvalue weighted by Crippen LogP contribution is 2.46. The smallest absolute Gasteiger partial charge is 0.323 e. The molecule has 1 aliphatic heterocycles. The molecule has 2 aromatic rings. The Kier molecular flexibility index (Phi) is 10.2. The molecule has 1 heterocycles. The molecule has 10 heteroatoms. The first-order valence-corrected chi connectivity index (χ1v) is 15.2. The largest absolute Gasteiger partial charge is 0.466 e. The predicted molar refractivity (Wildman–Crippen MR) is 158 cm³/mol. The van der Waals surface area contributed by atoms with Gasteiger partial charge in [-0.1, -0.05) is 26.8 Å². The second-order valence-corrected chi connectivity index (χ2v) is 12.9. The number of carbonyl (C=O) groups excluding carboxylic acids is 2. The van der Waals surface area contributed by atoms with Crippen molar-refractivity contribution in [2.75, 3.05) is 40.2 Å². The average molecular weight is 557 g/mol. The van der Waals surface area contributed by atoms with Gasteiger partial charge in [-0.25, -0.2) is 4.79 Å². The van der Waals surface area contributed by atoms with Gasteiger partial charge in [-0.3, -0.25) is 13.9 Å². The zero-order chi connectivity index (χ0) is 28.6. The van der Waals surface area contributed by atoms with Gasteiger partial charge in [0.05, 0.1) is 36.0 Å². The van der Waals surface area contributed by atoms with E-state index in [2.05, 4.69) is 28.5 Å². The second-order valence-electron chi connectivity index (χ2n) is 10.5. The molecule has 212 valence electrons. The van der Waals surface area contributed by atoms with Gasteiger partial charge < -0.3 is 20.3 Å². The first kappa shape index (κ1) is 30.3. The molecule has 0 radical (unpaired) electrons. The summed E-state index contributed by atoms with van der Waals surface area (Å²) in [5.74, 6) is 0.447. The van der Waals surface area contributed by atoms with Crippen LogP contribution in [0, 0.1) is 11.3 Å². The van der Waals surface area contributed by atoms with E-state index in [1.165, 1.54) is 0 Å². The molecule has 0 spiro atoms.